The van der Waals surface area contributed by atoms with Gasteiger partial charge >= 0.3 is 0 Å². The van der Waals surface area contributed by atoms with Crippen molar-refractivity contribution in [3.63, 3.8) is 0 Å². The van der Waals surface area contributed by atoms with Gasteiger partial charge in [-0.1, -0.05) is 6.92 Å². The summed E-state index contributed by atoms with van der Waals surface area (Å²) in [5, 5.41) is 16.8. The highest BCUT2D eigenvalue weighted by atomic mass is 16.3. The SMILES string of the molecule is CCCNC(CO)CCn1ccc(C)n1. The Morgan fingerprint density at radius 1 is 1.60 bits per heavy atom. The normalized spacial score (nSPS) is 13.0. The molecule has 4 nitrogen and oxygen atoms in total. The fourth-order valence-electron chi connectivity index (χ4n) is 1.48. The predicted molar refractivity (Wildman–Crippen MR) is 60.7 cm³/mol. The first kappa shape index (κ1) is 12.2. The summed E-state index contributed by atoms with van der Waals surface area (Å²) in [6.45, 7) is 6.12. The van der Waals surface area contributed by atoms with Crippen LogP contribution in [0.25, 0.3) is 0 Å². The van der Waals surface area contributed by atoms with Crippen molar-refractivity contribution in [1.82, 2.24) is 15.1 Å². The number of hydrogen-bond acceptors (Lipinski definition) is 3. The molecule has 0 amide bonds. The van der Waals surface area contributed by atoms with Crippen molar-refractivity contribution in [3.8, 4) is 0 Å². The van der Waals surface area contributed by atoms with Crippen LogP contribution < -0.4 is 5.32 Å². The largest absolute Gasteiger partial charge is 0.395 e. The highest BCUT2D eigenvalue weighted by molar-refractivity contribution is 4.94. The maximum absolute atomic E-state index is 9.14. The number of aliphatic hydroxyl groups excluding tert-OH is 1. The molecule has 1 aromatic rings. The van der Waals surface area contributed by atoms with Gasteiger partial charge < -0.3 is 10.4 Å². The molecule has 86 valence electrons. The molecule has 0 bridgehead atoms. The lowest BCUT2D eigenvalue weighted by atomic mass is 10.2. The first-order valence-corrected chi connectivity index (χ1v) is 5.60. The average molecular weight is 211 g/mol. The van der Waals surface area contributed by atoms with Gasteiger partial charge in [-0.15, -0.1) is 0 Å². The van der Waals surface area contributed by atoms with E-state index >= 15 is 0 Å². The second-order valence-corrected chi connectivity index (χ2v) is 3.84. The number of aryl methyl sites for hydroxylation is 2. The van der Waals surface area contributed by atoms with Crippen LogP contribution >= 0.6 is 0 Å². The Hall–Kier alpha value is -0.870. The number of nitrogens with one attached hydrogen (secondary N) is 1. The Morgan fingerprint density at radius 2 is 2.40 bits per heavy atom. The fourth-order valence-corrected chi connectivity index (χ4v) is 1.48. The van der Waals surface area contributed by atoms with Crippen LogP contribution in [-0.4, -0.2) is 34.1 Å². The lowest BCUT2D eigenvalue weighted by Crippen LogP contribution is -2.34. The highest BCUT2D eigenvalue weighted by Crippen LogP contribution is 1.98. The van der Waals surface area contributed by atoms with Crippen molar-refractivity contribution in [3.05, 3.63) is 18.0 Å². The van der Waals surface area contributed by atoms with Crippen LogP contribution in [0.5, 0.6) is 0 Å². The Kier molecular flexibility index (Phi) is 5.36. The van der Waals surface area contributed by atoms with Crippen molar-refractivity contribution < 1.29 is 5.11 Å². The lowest BCUT2D eigenvalue weighted by molar-refractivity contribution is 0.230. The smallest absolute Gasteiger partial charge is 0.0593 e. The van der Waals surface area contributed by atoms with Gasteiger partial charge in [-0.2, -0.15) is 5.10 Å². The maximum atomic E-state index is 9.14. The third-order valence-corrected chi connectivity index (χ3v) is 2.38. The zero-order chi connectivity index (χ0) is 11.1. The molecule has 2 N–H and O–H groups in total. The van der Waals surface area contributed by atoms with Crippen LogP contribution in [0.1, 0.15) is 25.5 Å². The van der Waals surface area contributed by atoms with Crippen LogP contribution in [0, 0.1) is 6.92 Å². The van der Waals surface area contributed by atoms with Crippen LogP contribution in [0.4, 0.5) is 0 Å². The van der Waals surface area contributed by atoms with Crippen molar-refractivity contribution in [1.29, 1.82) is 0 Å². The summed E-state index contributed by atoms with van der Waals surface area (Å²) >= 11 is 0. The van der Waals surface area contributed by atoms with E-state index in [0.29, 0.717) is 0 Å². The van der Waals surface area contributed by atoms with Gasteiger partial charge in [0.1, 0.15) is 0 Å². The van der Waals surface area contributed by atoms with Crippen LogP contribution in [0.15, 0.2) is 12.3 Å². The summed E-state index contributed by atoms with van der Waals surface area (Å²) in [4.78, 5) is 0. The number of aliphatic hydroxyl groups is 1. The Labute approximate surface area is 91.3 Å². The van der Waals surface area contributed by atoms with E-state index in [0.717, 1.165) is 31.6 Å². The van der Waals surface area contributed by atoms with Crippen molar-refractivity contribution in [2.45, 2.75) is 39.3 Å². The summed E-state index contributed by atoms with van der Waals surface area (Å²) in [7, 11) is 0. The standard InChI is InChI=1S/C11H21N3O/c1-3-6-12-11(9-15)5-8-14-7-4-10(2)13-14/h4,7,11-12,15H,3,5-6,8-9H2,1-2H3. The van der Waals surface area contributed by atoms with Gasteiger partial charge in [-0.05, 0) is 32.4 Å². The minimum Gasteiger partial charge on any atom is -0.395 e. The molecule has 1 heterocycles. The number of hydrogen-bond donors (Lipinski definition) is 2. The van der Waals surface area contributed by atoms with E-state index in [1.807, 2.05) is 23.9 Å². The molecule has 4 heteroatoms. The zero-order valence-electron chi connectivity index (χ0n) is 9.61. The molecule has 0 radical (unpaired) electrons. The minimum atomic E-state index is 0.189. The molecule has 1 aromatic heterocycles. The predicted octanol–water partition coefficient (Wildman–Crippen LogP) is 0.942. The molecule has 0 saturated heterocycles. The fraction of sp³-hybridized carbons (Fsp3) is 0.727. The summed E-state index contributed by atoms with van der Waals surface area (Å²) < 4.78 is 1.92. The first-order chi connectivity index (χ1) is 7.26. The Morgan fingerprint density at radius 3 is 2.93 bits per heavy atom. The number of rotatable bonds is 7. The van der Waals surface area contributed by atoms with Crippen LogP contribution in [0.2, 0.25) is 0 Å². The average Bonchev–Trinajstić information content (AvgIpc) is 2.65. The monoisotopic (exact) mass is 211 g/mol. The van der Waals surface area contributed by atoms with Gasteiger partial charge in [-0.25, -0.2) is 0 Å². The molecular weight excluding hydrogens is 190 g/mol. The highest BCUT2D eigenvalue weighted by Gasteiger charge is 2.06. The number of aromatic nitrogens is 2. The quantitative estimate of drug-likeness (QED) is 0.706. The van der Waals surface area contributed by atoms with Gasteiger partial charge in [-0.3, -0.25) is 4.68 Å². The Balaban J connectivity index is 2.27. The molecule has 1 unspecified atom stereocenters. The molecule has 0 fully saturated rings. The van der Waals surface area contributed by atoms with Gasteiger partial charge in [0.25, 0.3) is 0 Å². The molecule has 1 rings (SSSR count). The zero-order valence-corrected chi connectivity index (χ0v) is 9.61. The lowest BCUT2D eigenvalue weighted by Gasteiger charge is -2.15. The van der Waals surface area contributed by atoms with E-state index in [1.165, 1.54) is 0 Å². The Bertz CT molecular complexity index is 273. The summed E-state index contributed by atoms with van der Waals surface area (Å²) in [5.41, 5.74) is 1.04. The van der Waals surface area contributed by atoms with Crippen LogP contribution in [0.3, 0.4) is 0 Å². The van der Waals surface area contributed by atoms with Gasteiger partial charge in [0.05, 0.1) is 12.3 Å². The maximum Gasteiger partial charge on any atom is 0.0593 e. The third-order valence-electron chi connectivity index (χ3n) is 2.38. The summed E-state index contributed by atoms with van der Waals surface area (Å²) in [6.07, 6.45) is 3.98. The van der Waals surface area contributed by atoms with E-state index in [-0.39, 0.29) is 12.6 Å². The van der Waals surface area contributed by atoms with E-state index < -0.39 is 0 Å². The topological polar surface area (TPSA) is 50.1 Å². The molecular formula is C11H21N3O. The van der Waals surface area contributed by atoms with Crippen molar-refractivity contribution in [2.75, 3.05) is 13.2 Å². The minimum absolute atomic E-state index is 0.189. The molecule has 15 heavy (non-hydrogen) atoms. The molecule has 0 aliphatic carbocycles. The van der Waals surface area contributed by atoms with Crippen molar-refractivity contribution in [2.24, 2.45) is 0 Å². The third kappa shape index (κ3) is 4.44. The summed E-state index contributed by atoms with van der Waals surface area (Å²) in [5.74, 6) is 0. The van der Waals surface area contributed by atoms with E-state index in [2.05, 4.69) is 17.3 Å². The van der Waals surface area contributed by atoms with Crippen LogP contribution in [-0.2, 0) is 6.54 Å². The van der Waals surface area contributed by atoms with Gasteiger partial charge in [0.2, 0.25) is 0 Å². The molecule has 0 spiro atoms. The van der Waals surface area contributed by atoms with Crippen molar-refractivity contribution >= 4 is 0 Å². The summed E-state index contributed by atoms with van der Waals surface area (Å²) in [6, 6.07) is 2.18. The number of nitrogens with zero attached hydrogens (tertiary/aromatic N) is 2. The van der Waals surface area contributed by atoms with Gasteiger partial charge in [0, 0.05) is 18.8 Å². The second kappa shape index (κ2) is 6.58. The molecule has 1 atom stereocenters. The molecule has 0 aliphatic rings. The van der Waals surface area contributed by atoms with Gasteiger partial charge in [0.15, 0.2) is 0 Å². The molecule has 0 aromatic carbocycles. The molecule has 0 saturated carbocycles. The van der Waals surface area contributed by atoms with E-state index in [1.54, 1.807) is 0 Å². The molecule has 0 aliphatic heterocycles. The second-order valence-electron chi connectivity index (χ2n) is 3.84. The van der Waals surface area contributed by atoms with E-state index in [4.69, 9.17) is 5.11 Å². The van der Waals surface area contributed by atoms with E-state index in [9.17, 15) is 0 Å². The first-order valence-electron chi connectivity index (χ1n) is 5.60.